The number of aromatic nitrogens is 4. The molecule has 3 aromatic rings. The summed E-state index contributed by atoms with van der Waals surface area (Å²) in [7, 11) is 0. The fraction of sp³-hybridized carbons (Fsp3) is 0.348. The van der Waals surface area contributed by atoms with Crippen LogP contribution >= 0.6 is 0 Å². The van der Waals surface area contributed by atoms with Crippen molar-refractivity contribution in [3.05, 3.63) is 76.9 Å². The van der Waals surface area contributed by atoms with Crippen molar-refractivity contribution in [2.75, 3.05) is 32.7 Å². The van der Waals surface area contributed by atoms with Crippen molar-refractivity contribution in [1.29, 1.82) is 0 Å². The number of aryl methyl sites for hydroxylation is 1. The van der Waals surface area contributed by atoms with E-state index in [0.717, 1.165) is 61.6 Å². The van der Waals surface area contributed by atoms with Gasteiger partial charge in [0.15, 0.2) is 5.69 Å². The molecule has 1 aliphatic rings. The molecule has 0 spiro atoms. The summed E-state index contributed by atoms with van der Waals surface area (Å²) in [5.41, 5.74) is 4.81. The lowest BCUT2D eigenvalue weighted by molar-refractivity contribution is -0.132. The average molecular weight is 416 g/mol. The normalized spacial score (nSPS) is 14.4. The second-order valence-electron chi connectivity index (χ2n) is 7.80. The van der Waals surface area contributed by atoms with Gasteiger partial charge in [0, 0.05) is 32.7 Å². The van der Waals surface area contributed by atoms with Crippen molar-refractivity contribution in [2.45, 2.75) is 19.8 Å². The maximum Gasteiger partial charge on any atom is 0.227 e. The van der Waals surface area contributed by atoms with Crippen molar-refractivity contribution in [2.24, 2.45) is 0 Å². The van der Waals surface area contributed by atoms with E-state index < -0.39 is 0 Å². The summed E-state index contributed by atoms with van der Waals surface area (Å²) >= 11 is 0. The van der Waals surface area contributed by atoms with Crippen LogP contribution in [0.5, 0.6) is 0 Å². The molecule has 158 valence electrons. The maximum absolute atomic E-state index is 12.7. The fourth-order valence-corrected chi connectivity index (χ4v) is 3.77. The highest BCUT2D eigenvalue weighted by Crippen LogP contribution is 2.20. The van der Waals surface area contributed by atoms with E-state index in [9.17, 15) is 4.79 Å². The average Bonchev–Trinajstić information content (AvgIpc) is 3.34. The molecule has 4 rings (SSSR count). The molecule has 0 radical (unpaired) electrons. The molecule has 1 amide bonds. The first kappa shape index (κ1) is 20.7. The monoisotopic (exact) mass is 415 g/mol. The summed E-state index contributed by atoms with van der Waals surface area (Å²) in [6, 6.07) is 13.9. The Morgan fingerprint density at radius 1 is 1.06 bits per heavy atom. The van der Waals surface area contributed by atoms with Gasteiger partial charge in [-0.05, 0) is 47.0 Å². The molecular weight excluding hydrogens is 390 g/mol. The van der Waals surface area contributed by atoms with Gasteiger partial charge in [0.25, 0.3) is 0 Å². The molecule has 1 aromatic heterocycles. The second kappa shape index (κ2) is 9.49. The van der Waals surface area contributed by atoms with E-state index in [4.69, 9.17) is 6.57 Å². The number of amides is 1. The number of carbonyl (C=O) groups excluding carboxylic acids is 1. The molecule has 8 heteroatoms. The van der Waals surface area contributed by atoms with Crippen molar-refractivity contribution in [3.8, 4) is 5.69 Å². The SMILES string of the molecule is [C-]#[N+]c1cc(CCN2CCN(C(=O)Cc3ccc(-n4cnnn4)cc3)CC2)ccc1C. The number of nitrogens with zero attached hydrogens (tertiary/aromatic N) is 7. The molecule has 1 saturated heterocycles. The molecule has 0 atom stereocenters. The fourth-order valence-electron chi connectivity index (χ4n) is 3.77. The summed E-state index contributed by atoms with van der Waals surface area (Å²) in [5.74, 6) is 0.162. The molecule has 1 aliphatic heterocycles. The third-order valence-corrected chi connectivity index (χ3v) is 5.74. The first-order valence-electron chi connectivity index (χ1n) is 10.4. The molecule has 1 fully saturated rings. The maximum atomic E-state index is 12.7. The van der Waals surface area contributed by atoms with Crippen molar-refractivity contribution in [3.63, 3.8) is 0 Å². The lowest BCUT2D eigenvalue weighted by atomic mass is 10.1. The van der Waals surface area contributed by atoms with E-state index >= 15 is 0 Å². The first-order chi connectivity index (χ1) is 15.1. The number of tetrazole rings is 1. The summed E-state index contributed by atoms with van der Waals surface area (Å²) < 4.78 is 1.59. The van der Waals surface area contributed by atoms with Crippen LogP contribution in [0.1, 0.15) is 16.7 Å². The Kier molecular flexibility index (Phi) is 6.34. The van der Waals surface area contributed by atoms with Crippen LogP contribution in [0.3, 0.4) is 0 Å². The molecule has 0 aliphatic carbocycles. The molecule has 0 bridgehead atoms. The van der Waals surface area contributed by atoms with E-state index in [0.29, 0.717) is 6.42 Å². The van der Waals surface area contributed by atoms with Gasteiger partial charge in [0.2, 0.25) is 5.91 Å². The number of rotatable bonds is 6. The predicted molar refractivity (Wildman–Crippen MR) is 117 cm³/mol. The number of piperazine rings is 1. The Hall–Kier alpha value is -3.57. The minimum Gasteiger partial charge on any atom is -0.340 e. The Morgan fingerprint density at radius 2 is 1.81 bits per heavy atom. The van der Waals surface area contributed by atoms with Crippen LogP contribution in [-0.4, -0.2) is 68.6 Å². The standard InChI is InChI=1S/C23H25N7O/c1-18-3-4-20(15-22(18)24-2)9-10-28-11-13-29(14-12-28)23(31)16-19-5-7-21(8-6-19)30-17-25-26-27-30/h3-8,15,17H,9-14,16H2,1H3. The predicted octanol–water partition coefficient (Wildman–Crippen LogP) is 2.45. The molecule has 0 unspecified atom stereocenters. The van der Waals surface area contributed by atoms with Gasteiger partial charge in [-0.25, -0.2) is 9.53 Å². The molecule has 2 heterocycles. The van der Waals surface area contributed by atoms with E-state index in [1.54, 1.807) is 11.0 Å². The van der Waals surface area contributed by atoms with Crippen LogP contribution in [0.15, 0.2) is 48.8 Å². The van der Waals surface area contributed by atoms with E-state index in [-0.39, 0.29) is 5.91 Å². The third kappa shape index (κ3) is 5.13. The number of carbonyl (C=O) groups is 1. The van der Waals surface area contributed by atoms with Gasteiger partial charge < -0.3 is 4.90 Å². The Morgan fingerprint density at radius 3 is 2.48 bits per heavy atom. The molecule has 8 nitrogen and oxygen atoms in total. The highest BCUT2D eigenvalue weighted by molar-refractivity contribution is 5.79. The van der Waals surface area contributed by atoms with Crippen LogP contribution < -0.4 is 0 Å². The number of benzene rings is 2. The van der Waals surface area contributed by atoms with Crippen molar-refractivity contribution in [1.82, 2.24) is 30.0 Å². The van der Waals surface area contributed by atoms with Crippen LogP contribution in [0.25, 0.3) is 10.5 Å². The first-order valence-corrected chi connectivity index (χ1v) is 10.4. The smallest absolute Gasteiger partial charge is 0.227 e. The third-order valence-electron chi connectivity index (χ3n) is 5.74. The van der Waals surface area contributed by atoms with E-state index in [2.05, 4.69) is 31.3 Å². The molecule has 2 aromatic carbocycles. The molecular formula is C23H25N7O. The number of hydrogen-bond donors (Lipinski definition) is 0. The van der Waals surface area contributed by atoms with Crippen LogP contribution in [0.4, 0.5) is 5.69 Å². The van der Waals surface area contributed by atoms with Gasteiger partial charge in [-0.2, -0.15) is 0 Å². The van der Waals surface area contributed by atoms with Gasteiger partial charge in [-0.1, -0.05) is 35.9 Å². The summed E-state index contributed by atoms with van der Waals surface area (Å²) in [5, 5.41) is 11.1. The minimum absolute atomic E-state index is 0.162. The second-order valence-corrected chi connectivity index (χ2v) is 7.80. The highest BCUT2D eigenvalue weighted by Gasteiger charge is 2.21. The number of hydrogen-bond acceptors (Lipinski definition) is 5. The van der Waals surface area contributed by atoms with Gasteiger partial charge in [-0.3, -0.25) is 9.69 Å². The van der Waals surface area contributed by atoms with Crippen LogP contribution in [-0.2, 0) is 17.6 Å². The zero-order valence-corrected chi connectivity index (χ0v) is 17.6. The lowest BCUT2D eigenvalue weighted by Crippen LogP contribution is -2.49. The van der Waals surface area contributed by atoms with Crippen molar-refractivity contribution >= 4 is 11.6 Å². The van der Waals surface area contributed by atoms with Crippen LogP contribution in [0.2, 0.25) is 0 Å². The van der Waals surface area contributed by atoms with E-state index in [1.165, 1.54) is 5.56 Å². The van der Waals surface area contributed by atoms with Crippen molar-refractivity contribution < 1.29 is 4.79 Å². The lowest BCUT2D eigenvalue weighted by Gasteiger charge is -2.35. The summed E-state index contributed by atoms with van der Waals surface area (Å²) in [6.45, 7) is 13.4. The molecule has 31 heavy (non-hydrogen) atoms. The van der Waals surface area contributed by atoms with Gasteiger partial charge in [0.05, 0.1) is 18.7 Å². The van der Waals surface area contributed by atoms with Crippen LogP contribution in [0, 0.1) is 13.5 Å². The Labute approximate surface area is 181 Å². The Balaban J connectivity index is 1.24. The zero-order valence-electron chi connectivity index (χ0n) is 17.6. The van der Waals surface area contributed by atoms with Gasteiger partial charge in [0.1, 0.15) is 6.33 Å². The largest absolute Gasteiger partial charge is 0.340 e. The zero-order chi connectivity index (χ0) is 21.6. The Bertz CT molecular complexity index is 1060. The molecule has 0 saturated carbocycles. The molecule has 0 N–H and O–H groups in total. The highest BCUT2D eigenvalue weighted by atomic mass is 16.2. The topological polar surface area (TPSA) is 71.5 Å². The van der Waals surface area contributed by atoms with Gasteiger partial charge >= 0.3 is 0 Å². The van der Waals surface area contributed by atoms with E-state index in [1.807, 2.05) is 48.2 Å². The summed E-state index contributed by atoms with van der Waals surface area (Å²) in [6.07, 6.45) is 2.87. The quantitative estimate of drug-likeness (QED) is 0.579. The summed E-state index contributed by atoms with van der Waals surface area (Å²) in [4.78, 5) is 20.6. The minimum atomic E-state index is 0.162. The van der Waals surface area contributed by atoms with Gasteiger partial charge in [-0.15, -0.1) is 5.10 Å².